The highest BCUT2D eigenvalue weighted by Gasteiger charge is 2.49. The van der Waals surface area contributed by atoms with Crippen molar-refractivity contribution in [3.05, 3.63) is 11.6 Å². The van der Waals surface area contributed by atoms with E-state index in [1.807, 2.05) is 0 Å². The molecule has 1 saturated heterocycles. The average Bonchev–Trinajstić information content (AvgIpc) is 2.41. The maximum absolute atomic E-state index is 12.1. The quantitative estimate of drug-likeness (QED) is 0.549. The van der Waals surface area contributed by atoms with Gasteiger partial charge in [0.1, 0.15) is 0 Å². The first-order valence-electron chi connectivity index (χ1n) is 3.58. The molecule has 2 aliphatic rings. The Morgan fingerprint density at radius 3 is 2.50 bits per heavy atom. The van der Waals surface area contributed by atoms with Crippen LogP contribution in [0.25, 0.3) is 0 Å². The Bertz CT molecular complexity index is 268. The summed E-state index contributed by atoms with van der Waals surface area (Å²) < 4.78 is 36.4. The van der Waals surface area contributed by atoms with Crippen molar-refractivity contribution in [3.63, 3.8) is 0 Å². The normalized spacial score (nSPS) is 33.6. The Morgan fingerprint density at radius 1 is 1.50 bits per heavy atom. The van der Waals surface area contributed by atoms with Crippen molar-refractivity contribution in [2.24, 2.45) is 5.92 Å². The van der Waals surface area contributed by atoms with Gasteiger partial charge in [-0.15, -0.1) is 0 Å². The van der Waals surface area contributed by atoms with Gasteiger partial charge >= 0.3 is 6.18 Å². The summed E-state index contributed by atoms with van der Waals surface area (Å²) >= 11 is 0. The maximum Gasteiger partial charge on any atom is 0.414 e. The van der Waals surface area contributed by atoms with Crippen LogP contribution in [-0.4, -0.2) is 18.1 Å². The predicted molar refractivity (Wildman–Crippen MR) is 34.2 cm³/mol. The topological polar surface area (TPSA) is 29.1 Å². The SMILES string of the molecule is O=C1NC2CC1C=C2C(F)(F)F. The molecule has 5 heteroatoms. The zero-order chi connectivity index (χ0) is 8.93. The number of carbonyl (C=O) groups is 1. The molecular formula is C7H6F3NO. The highest BCUT2D eigenvalue weighted by molar-refractivity contribution is 5.85. The molecule has 1 N–H and O–H groups in total. The molecular weight excluding hydrogens is 171 g/mol. The van der Waals surface area contributed by atoms with Crippen LogP contribution in [0.2, 0.25) is 0 Å². The summed E-state index contributed by atoms with van der Waals surface area (Å²) in [4.78, 5) is 10.8. The molecule has 1 aliphatic heterocycles. The van der Waals surface area contributed by atoms with E-state index < -0.39 is 23.7 Å². The summed E-state index contributed by atoms with van der Waals surface area (Å²) in [6.07, 6.45) is -2.98. The lowest BCUT2D eigenvalue weighted by molar-refractivity contribution is -0.122. The molecule has 1 fully saturated rings. The fraction of sp³-hybridized carbons (Fsp3) is 0.571. The molecule has 0 aromatic carbocycles. The second kappa shape index (κ2) is 2.02. The molecule has 2 bridgehead atoms. The van der Waals surface area contributed by atoms with Gasteiger partial charge in [0.15, 0.2) is 0 Å². The van der Waals surface area contributed by atoms with Crippen molar-refractivity contribution >= 4 is 5.91 Å². The summed E-state index contributed by atoms with van der Waals surface area (Å²) in [6.45, 7) is 0. The van der Waals surface area contributed by atoms with Crippen molar-refractivity contribution in [2.45, 2.75) is 18.6 Å². The fourth-order valence-corrected chi connectivity index (χ4v) is 1.67. The fourth-order valence-electron chi connectivity index (χ4n) is 1.67. The van der Waals surface area contributed by atoms with E-state index in [9.17, 15) is 18.0 Å². The number of carbonyl (C=O) groups excluding carboxylic acids is 1. The van der Waals surface area contributed by atoms with E-state index in [1.165, 1.54) is 0 Å². The smallest absolute Gasteiger partial charge is 0.349 e. The highest BCUT2D eigenvalue weighted by Crippen LogP contribution is 2.40. The molecule has 66 valence electrons. The lowest BCUT2D eigenvalue weighted by Gasteiger charge is -2.17. The van der Waals surface area contributed by atoms with E-state index in [-0.39, 0.29) is 12.3 Å². The monoisotopic (exact) mass is 177 g/mol. The Kier molecular flexibility index (Phi) is 1.29. The lowest BCUT2D eigenvalue weighted by Crippen LogP contribution is -2.36. The molecule has 1 aliphatic carbocycles. The van der Waals surface area contributed by atoms with E-state index >= 15 is 0 Å². The summed E-state index contributed by atoms with van der Waals surface area (Å²) in [7, 11) is 0. The van der Waals surface area contributed by atoms with Gasteiger partial charge in [-0.05, 0) is 6.42 Å². The number of hydrogen-bond donors (Lipinski definition) is 1. The van der Waals surface area contributed by atoms with Gasteiger partial charge < -0.3 is 5.32 Å². The van der Waals surface area contributed by atoms with Gasteiger partial charge in [0.2, 0.25) is 5.91 Å². The van der Waals surface area contributed by atoms with Crippen molar-refractivity contribution < 1.29 is 18.0 Å². The first-order chi connectivity index (χ1) is 5.48. The van der Waals surface area contributed by atoms with Gasteiger partial charge in [-0.1, -0.05) is 6.08 Å². The van der Waals surface area contributed by atoms with Crippen molar-refractivity contribution in [3.8, 4) is 0 Å². The molecule has 0 radical (unpaired) electrons. The summed E-state index contributed by atoms with van der Waals surface area (Å²) in [5.74, 6) is -0.834. The molecule has 0 spiro atoms. The molecule has 0 aromatic rings. The van der Waals surface area contributed by atoms with Crippen LogP contribution in [0.3, 0.4) is 0 Å². The minimum Gasteiger partial charge on any atom is -0.349 e. The minimum absolute atomic E-state index is 0.272. The Morgan fingerprint density at radius 2 is 2.17 bits per heavy atom. The van der Waals surface area contributed by atoms with Gasteiger partial charge in [0.25, 0.3) is 0 Å². The van der Waals surface area contributed by atoms with Gasteiger partial charge in [-0.2, -0.15) is 13.2 Å². The van der Waals surface area contributed by atoms with Crippen molar-refractivity contribution in [2.75, 3.05) is 0 Å². The standard InChI is InChI=1S/C7H6F3NO/c8-7(9,10)4-1-3-2-5(4)11-6(3)12/h1,3,5H,2H2,(H,11,12). The third-order valence-corrected chi connectivity index (χ3v) is 2.23. The summed E-state index contributed by atoms with van der Waals surface area (Å²) in [6, 6.07) is -0.789. The van der Waals surface area contributed by atoms with Crippen LogP contribution in [0, 0.1) is 5.92 Å². The molecule has 1 amide bonds. The molecule has 2 unspecified atom stereocenters. The first-order valence-corrected chi connectivity index (χ1v) is 3.58. The molecule has 2 atom stereocenters. The molecule has 0 aromatic heterocycles. The van der Waals surface area contributed by atoms with E-state index in [2.05, 4.69) is 5.32 Å². The molecule has 12 heavy (non-hydrogen) atoms. The number of rotatable bonds is 0. The minimum atomic E-state index is -4.28. The summed E-state index contributed by atoms with van der Waals surface area (Å²) in [5, 5.41) is 2.28. The second-order valence-electron chi connectivity index (χ2n) is 3.02. The molecule has 2 rings (SSSR count). The van der Waals surface area contributed by atoms with Crippen molar-refractivity contribution in [1.29, 1.82) is 0 Å². The zero-order valence-corrected chi connectivity index (χ0v) is 5.98. The third-order valence-electron chi connectivity index (χ3n) is 2.23. The largest absolute Gasteiger partial charge is 0.414 e. The summed E-state index contributed by atoms with van der Waals surface area (Å²) in [5.41, 5.74) is -0.591. The van der Waals surface area contributed by atoms with E-state index in [0.29, 0.717) is 0 Å². The van der Waals surface area contributed by atoms with Crippen LogP contribution in [-0.2, 0) is 4.79 Å². The number of amides is 1. The molecule has 1 heterocycles. The van der Waals surface area contributed by atoms with Gasteiger partial charge in [-0.25, -0.2) is 0 Å². The van der Waals surface area contributed by atoms with Crippen LogP contribution in [0.5, 0.6) is 0 Å². The van der Waals surface area contributed by atoms with Crippen LogP contribution < -0.4 is 5.32 Å². The van der Waals surface area contributed by atoms with E-state index in [1.54, 1.807) is 0 Å². The average molecular weight is 177 g/mol. The first kappa shape index (κ1) is 7.64. The second-order valence-corrected chi connectivity index (χ2v) is 3.02. The van der Waals surface area contributed by atoms with Gasteiger partial charge in [0, 0.05) is 0 Å². The Labute approximate surface area is 66.4 Å². The molecule has 0 saturated carbocycles. The van der Waals surface area contributed by atoms with Gasteiger partial charge in [0.05, 0.1) is 17.5 Å². The predicted octanol–water partition coefficient (Wildman–Crippen LogP) is 0.993. The Hall–Kier alpha value is -1.00. The van der Waals surface area contributed by atoms with Crippen LogP contribution in [0.4, 0.5) is 13.2 Å². The van der Waals surface area contributed by atoms with Crippen LogP contribution >= 0.6 is 0 Å². The zero-order valence-electron chi connectivity index (χ0n) is 5.98. The lowest BCUT2D eigenvalue weighted by atomic mass is 10.1. The maximum atomic E-state index is 12.1. The number of nitrogens with one attached hydrogen (secondary N) is 1. The number of halogens is 3. The number of alkyl halides is 3. The third kappa shape index (κ3) is 0.922. The van der Waals surface area contributed by atoms with E-state index in [4.69, 9.17) is 0 Å². The van der Waals surface area contributed by atoms with Crippen molar-refractivity contribution in [1.82, 2.24) is 5.32 Å². The van der Waals surface area contributed by atoms with Crippen LogP contribution in [0.15, 0.2) is 11.6 Å². The highest BCUT2D eigenvalue weighted by atomic mass is 19.4. The van der Waals surface area contributed by atoms with Crippen LogP contribution in [0.1, 0.15) is 6.42 Å². The Balaban J connectivity index is 2.28. The van der Waals surface area contributed by atoms with E-state index in [0.717, 1.165) is 6.08 Å². The number of fused-ring (bicyclic) bond motifs is 2. The molecule has 2 nitrogen and oxygen atoms in total. The van der Waals surface area contributed by atoms with Gasteiger partial charge in [-0.3, -0.25) is 4.79 Å². The number of hydrogen-bond acceptors (Lipinski definition) is 1.